The maximum atomic E-state index is 13.1. The number of hydrogen-bond donors (Lipinski definition) is 1. The highest BCUT2D eigenvalue weighted by Crippen LogP contribution is 2.27. The Balaban J connectivity index is 2.31. The number of rotatable bonds is 3. The first-order valence-corrected chi connectivity index (χ1v) is 5.89. The maximum Gasteiger partial charge on any atom is 0.160 e. The van der Waals surface area contributed by atoms with Crippen LogP contribution in [0.4, 0.5) is 20.2 Å². The molecule has 0 heterocycles. The minimum Gasteiger partial charge on any atom is -0.355 e. The smallest absolute Gasteiger partial charge is 0.160 e. The molecule has 0 fully saturated rings. The van der Waals surface area contributed by atoms with Gasteiger partial charge in [0.05, 0.1) is 0 Å². The van der Waals surface area contributed by atoms with Gasteiger partial charge >= 0.3 is 0 Å². The summed E-state index contributed by atoms with van der Waals surface area (Å²) in [5, 5.41) is 3.12. The lowest BCUT2D eigenvalue weighted by Crippen LogP contribution is -1.98. The Morgan fingerprint density at radius 1 is 0.944 bits per heavy atom. The molecule has 18 heavy (non-hydrogen) atoms. The highest BCUT2D eigenvalue weighted by Gasteiger charge is 2.07. The Morgan fingerprint density at radius 2 is 1.67 bits per heavy atom. The van der Waals surface area contributed by atoms with Crippen LogP contribution in [-0.4, -0.2) is 0 Å². The highest BCUT2D eigenvalue weighted by molar-refractivity contribution is 5.63. The Bertz CT molecular complexity index is 550. The zero-order valence-electron chi connectivity index (χ0n) is 10.4. The zero-order chi connectivity index (χ0) is 13.1. The van der Waals surface area contributed by atoms with Crippen molar-refractivity contribution >= 4 is 11.4 Å². The average Bonchev–Trinajstić information content (AvgIpc) is 2.34. The molecule has 0 aliphatic heterocycles. The van der Waals surface area contributed by atoms with Crippen LogP contribution in [0, 0.1) is 11.6 Å². The van der Waals surface area contributed by atoms with Crippen LogP contribution in [0.25, 0.3) is 0 Å². The van der Waals surface area contributed by atoms with E-state index in [2.05, 4.69) is 19.2 Å². The van der Waals surface area contributed by atoms with E-state index in [4.69, 9.17) is 0 Å². The summed E-state index contributed by atoms with van der Waals surface area (Å²) >= 11 is 0. The molecule has 0 saturated heterocycles. The van der Waals surface area contributed by atoms with Crippen LogP contribution in [0.3, 0.4) is 0 Å². The van der Waals surface area contributed by atoms with Crippen molar-refractivity contribution < 1.29 is 8.78 Å². The van der Waals surface area contributed by atoms with E-state index in [1.165, 1.54) is 6.07 Å². The van der Waals surface area contributed by atoms with Gasteiger partial charge in [0.25, 0.3) is 0 Å². The van der Waals surface area contributed by atoms with Crippen molar-refractivity contribution in [2.24, 2.45) is 0 Å². The molecule has 2 aromatic rings. The van der Waals surface area contributed by atoms with Crippen LogP contribution in [0.15, 0.2) is 42.5 Å². The Kier molecular flexibility index (Phi) is 3.60. The third kappa shape index (κ3) is 2.67. The summed E-state index contributed by atoms with van der Waals surface area (Å²) in [4.78, 5) is 0. The molecule has 2 aromatic carbocycles. The van der Waals surface area contributed by atoms with Crippen molar-refractivity contribution in [1.29, 1.82) is 0 Å². The zero-order valence-corrected chi connectivity index (χ0v) is 10.4. The quantitative estimate of drug-likeness (QED) is 0.819. The fourth-order valence-corrected chi connectivity index (χ4v) is 1.84. The largest absolute Gasteiger partial charge is 0.355 e. The normalized spacial score (nSPS) is 10.7. The van der Waals surface area contributed by atoms with Crippen molar-refractivity contribution in [2.75, 3.05) is 5.32 Å². The van der Waals surface area contributed by atoms with E-state index in [1.54, 1.807) is 0 Å². The Labute approximate surface area is 105 Å². The van der Waals surface area contributed by atoms with E-state index >= 15 is 0 Å². The molecular formula is C15H15F2N. The first-order chi connectivity index (χ1) is 8.58. The van der Waals surface area contributed by atoms with E-state index in [1.807, 2.05) is 24.3 Å². The molecule has 0 aliphatic rings. The molecule has 0 aliphatic carbocycles. The van der Waals surface area contributed by atoms with E-state index in [0.29, 0.717) is 11.6 Å². The molecule has 0 spiro atoms. The second kappa shape index (κ2) is 5.17. The lowest BCUT2D eigenvalue weighted by molar-refractivity contribution is 0.509. The first-order valence-electron chi connectivity index (χ1n) is 5.89. The molecular weight excluding hydrogens is 232 g/mol. The van der Waals surface area contributed by atoms with Crippen LogP contribution >= 0.6 is 0 Å². The number of anilines is 2. The molecule has 0 aromatic heterocycles. The first kappa shape index (κ1) is 12.6. The van der Waals surface area contributed by atoms with E-state index in [0.717, 1.165) is 23.4 Å². The predicted octanol–water partition coefficient (Wildman–Crippen LogP) is 4.83. The monoisotopic (exact) mass is 247 g/mol. The van der Waals surface area contributed by atoms with Gasteiger partial charge in [0.1, 0.15) is 0 Å². The van der Waals surface area contributed by atoms with Crippen molar-refractivity contribution in [3.05, 3.63) is 59.7 Å². The van der Waals surface area contributed by atoms with Gasteiger partial charge in [0.15, 0.2) is 11.6 Å². The van der Waals surface area contributed by atoms with E-state index in [9.17, 15) is 8.78 Å². The molecule has 0 amide bonds. The van der Waals surface area contributed by atoms with Crippen molar-refractivity contribution in [3.8, 4) is 0 Å². The summed E-state index contributed by atoms with van der Waals surface area (Å²) in [6.07, 6.45) is 0. The Morgan fingerprint density at radius 3 is 2.33 bits per heavy atom. The number of nitrogens with one attached hydrogen (secondary N) is 1. The summed E-state index contributed by atoms with van der Waals surface area (Å²) in [6, 6.07) is 11.6. The van der Waals surface area contributed by atoms with Crippen LogP contribution in [0.1, 0.15) is 25.3 Å². The molecule has 0 bridgehead atoms. The molecule has 2 rings (SSSR count). The Hall–Kier alpha value is -1.90. The topological polar surface area (TPSA) is 12.0 Å². The van der Waals surface area contributed by atoms with Gasteiger partial charge in [-0.15, -0.1) is 0 Å². The molecule has 0 atom stereocenters. The third-order valence-electron chi connectivity index (χ3n) is 2.78. The van der Waals surface area contributed by atoms with Crippen molar-refractivity contribution in [3.63, 3.8) is 0 Å². The summed E-state index contributed by atoms with van der Waals surface area (Å²) in [5.74, 6) is -1.32. The second-order valence-corrected chi connectivity index (χ2v) is 4.50. The molecule has 94 valence electrons. The van der Waals surface area contributed by atoms with Gasteiger partial charge in [0.2, 0.25) is 0 Å². The summed E-state index contributed by atoms with van der Waals surface area (Å²) in [7, 11) is 0. The van der Waals surface area contributed by atoms with Gasteiger partial charge in [-0.1, -0.05) is 32.0 Å². The molecule has 0 saturated carbocycles. The van der Waals surface area contributed by atoms with Crippen molar-refractivity contribution in [2.45, 2.75) is 19.8 Å². The fraction of sp³-hybridized carbons (Fsp3) is 0.200. The van der Waals surface area contributed by atoms with Crippen LogP contribution in [0.2, 0.25) is 0 Å². The van der Waals surface area contributed by atoms with E-state index in [-0.39, 0.29) is 0 Å². The lowest BCUT2D eigenvalue weighted by Gasteiger charge is -2.14. The highest BCUT2D eigenvalue weighted by atomic mass is 19.2. The summed E-state index contributed by atoms with van der Waals surface area (Å²) in [5.41, 5.74) is 2.60. The van der Waals surface area contributed by atoms with Crippen LogP contribution in [-0.2, 0) is 0 Å². The van der Waals surface area contributed by atoms with Gasteiger partial charge in [0, 0.05) is 17.4 Å². The molecule has 1 N–H and O–H groups in total. The van der Waals surface area contributed by atoms with Crippen molar-refractivity contribution in [1.82, 2.24) is 0 Å². The number of halogens is 2. The minimum absolute atomic E-state index is 0.360. The van der Waals surface area contributed by atoms with Gasteiger partial charge < -0.3 is 5.32 Å². The van der Waals surface area contributed by atoms with Crippen LogP contribution in [0.5, 0.6) is 0 Å². The average molecular weight is 247 g/mol. The lowest BCUT2D eigenvalue weighted by atomic mass is 10.0. The second-order valence-electron chi connectivity index (χ2n) is 4.50. The standard InChI is InChI=1S/C15H15F2N/c1-10(2)12-5-3-4-6-15(12)18-11-7-8-13(16)14(17)9-11/h3-10,18H,1-2H3. The number of para-hydroxylation sites is 1. The number of benzene rings is 2. The molecule has 3 heteroatoms. The maximum absolute atomic E-state index is 13.1. The fourth-order valence-electron chi connectivity index (χ4n) is 1.84. The predicted molar refractivity (Wildman–Crippen MR) is 70.2 cm³/mol. The summed E-state index contributed by atoms with van der Waals surface area (Å²) < 4.78 is 26.0. The van der Waals surface area contributed by atoms with Crippen LogP contribution < -0.4 is 5.32 Å². The third-order valence-corrected chi connectivity index (χ3v) is 2.78. The van der Waals surface area contributed by atoms with Gasteiger partial charge in [-0.2, -0.15) is 0 Å². The number of hydrogen-bond acceptors (Lipinski definition) is 1. The van der Waals surface area contributed by atoms with E-state index < -0.39 is 11.6 Å². The summed E-state index contributed by atoms with van der Waals surface area (Å²) in [6.45, 7) is 4.18. The van der Waals surface area contributed by atoms with Gasteiger partial charge in [-0.3, -0.25) is 0 Å². The molecule has 0 radical (unpaired) electrons. The molecule has 0 unspecified atom stereocenters. The van der Waals surface area contributed by atoms with Gasteiger partial charge in [-0.25, -0.2) is 8.78 Å². The molecule has 1 nitrogen and oxygen atoms in total. The van der Waals surface area contributed by atoms with Gasteiger partial charge in [-0.05, 0) is 29.7 Å². The minimum atomic E-state index is -0.845. The SMILES string of the molecule is CC(C)c1ccccc1Nc1ccc(F)c(F)c1.